The first-order valence-electron chi connectivity index (χ1n) is 7.32. The summed E-state index contributed by atoms with van der Waals surface area (Å²) in [6.45, 7) is 2.21. The van der Waals surface area contributed by atoms with Gasteiger partial charge in [0.25, 0.3) is 0 Å². The van der Waals surface area contributed by atoms with Crippen LogP contribution in [0.1, 0.15) is 63.5 Å². The summed E-state index contributed by atoms with van der Waals surface area (Å²) in [5, 5.41) is 0.225. The van der Waals surface area contributed by atoms with E-state index in [-0.39, 0.29) is 5.38 Å². The van der Waals surface area contributed by atoms with Crippen LogP contribution in [0.4, 0.5) is 0 Å². The number of pyridine rings is 1. The van der Waals surface area contributed by atoms with Crippen LogP contribution in [0.5, 0.6) is 0 Å². The normalized spacial score (nSPS) is 21.2. The fraction of sp³-hybridized carbons (Fsp3) is 0.688. The molecular weight excluding hydrogens is 242 g/mol. The molecule has 18 heavy (non-hydrogen) atoms. The van der Waals surface area contributed by atoms with Gasteiger partial charge in [-0.2, -0.15) is 0 Å². The molecule has 1 nitrogen and oxygen atoms in total. The highest BCUT2D eigenvalue weighted by Gasteiger charge is 2.22. The second kappa shape index (κ2) is 7.13. The van der Waals surface area contributed by atoms with Crippen LogP contribution in [-0.4, -0.2) is 10.4 Å². The molecule has 0 N–H and O–H groups in total. The third-order valence-corrected chi connectivity index (χ3v) is 4.79. The predicted molar refractivity (Wildman–Crippen MR) is 78.1 cm³/mol. The molecule has 2 heteroatoms. The Morgan fingerprint density at radius 3 is 2.56 bits per heavy atom. The van der Waals surface area contributed by atoms with Gasteiger partial charge in [0, 0.05) is 23.2 Å². The molecule has 1 aliphatic carbocycles. The van der Waals surface area contributed by atoms with E-state index >= 15 is 0 Å². The van der Waals surface area contributed by atoms with Crippen molar-refractivity contribution in [1.82, 2.24) is 4.98 Å². The molecule has 1 fully saturated rings. The molecule has 2 atom stereocenters. The van der Waals surface area contributed by atoms with E-state index in [0.717, 1.165) is 18.0 Å². The number of alkyl halides is 1. The highest BCUT2D eigenvalue weighted by Crippen LogP contribution is 2.32. The first-order chi connectivity index (χ1) is 8.77. The zero-order valence-electron chi connectivity index (χ0n) is 11.3. The summed E-state index contributed by atoms with van der Waals surface area (Å²) < 4.78 is 0. The van der Waals surface area contributed by atoms with Gasteiger partial charge in [-0.15, -0.1) is 11.6 Å². The van der Waals surface area contributed by atoms with Crippen LogP contribution in [0.25, 0.3) is 0 Å². The third-order valence-electron chi connectivity index (χ3n) is 4.23. The van der Waals surface area contributed by atoms with E-state index in [2.05, 4.69) is 18.0 Å². The Morgan fingerprint density at radius 2 is 1.94 bits per heavy atom. The smallest absolute Gasteiger partial charge is 0.0446 e. The van der Waals surface area contributed by atoms with Crippen LogP contribution in [-0.2, 0) is 0 Å². The molecule has 0 bridgehead atoms. The maximum Gasteiger partial charge on any atom is 0.0446 e. The van der Waals surface area contributed by atoms with Crippen LogP contribution in [0.2, 0.25) is 0 Å². The monoisotopic (exact) mass is 265 g/mol. The Labute approximate surface area is 116 Å². The minimum absolute atomic E-state index is 0.225. The van der Waals surface area contributed by atoms with Gasteiger partial charge in [-0.05, 0) is 24.5 Å². The molecule has 0 spiro atoms. The van der Waals surface area contributed by atoms with E-state index in [1.54, 1.807) is 0 Å². The van der Waals surface area contributed by atoms with E-state index in [1.807, 2.05) is 18.3 Å². The molecule has 100 valence electrons. The van der Waals surface area contributed by atoms with E-state index < -0.39 is 0 Å². The summed E-state index contributed by atoms with van der Waals surface area (Å²) in [4.78, 5) is 4.43. The number of rotatable bonds is 4. The Kier molecular flexibility index (Phi) is 5.49. The Hall–Kier alpha value is -0.560. The van der Waals surface area contributed by atoms with Gasteiger partial charge in [0.1, 0.15) is 0 Å². The lowest BCUT2D eigenvalue weighted by molar-refractivity contribution is 0.404. The van der Waals surface area contributed by atoms with Crippen molar-refractivity contribution in [3.8, 4) is 0 Å². The van der Waals surface area contributed by atoms with Gasteiger partial charge < -0.3 is 0 Å². The van der Waals surface area contributed by atoms with Crippen molar-refractivity contribution in [3.63, 3.8) is 0 Å². The average molecular weight is 266 g/mol. The molecule has 0 aliphatic heterocycles. The molecule has 2 rings (SSSR count). The fourth-order valence-electron chi connectivity index (χ4n) is 2.95. The second-order valence-electron chi connectivity index (χ2n) is 5.65. The summed E-state index contributed by atoms with van der Waals surface area (Å²) in [5.41, 5.74) is 1.13. The van der Waals surface area contributed by atoms with Crippen molar-refractivity contribution in [1.29, 1.82) is 0 Å². The van der Waals surface area contributed by atoms with Gasteiger partial charge in [-0.1, -0.05) is 51.5 Å². The van der Waals surface area contributed by atoms with Crippen LogP contribution in [0.3, 0.4) is 0 Å². The molecule has 0 aromatic carbocycles. The SMILES string of the molecule is CC(c1ccccn1)C(Cl)CC1CCCCCC1. The Balaban J connectivity index is 1.88. The first kappa shape index (κ1) is 13.9. The average Bonchev–Trinajstić information content (AvgIpc) is 2.67. The van der Waals surface area contributed by atoms with Crippen LogP contribution in [0.15, 0.2) is 24.4 Å². The maximum atomic E-state index is 6.61. The van der Waals surface area contributed by atoms with Crippen molar-refractivity contribution >= 4 is 11.6 Å². The van der Waals surface area contributed by atoms with E-state index in [9.17, 15) is 0 Å². The number of hydrogen-bond acceptors (Lipinski definition) is 1. The van der Waals surface area contributed by atoms with Crippen molar-refractivity contribution in [3.05, 3.63) is 30.1 Å². The van der Waals surface area contributed by atoms with Crippen molar-refractivity contribution in [2.24, 2.45) is 5.92 Å². The number of aromatic nitrogens is 1. The van der Waals surface area contributed by atoms with Gasteiger partial charge in [-0.25, -0.2) is 0 Å². The predicted octanol–water partition coefficient (Wildman–Crippen LogP) is 5.15. The molecule has 1 saturated carbocycles. The van der Waals surface area contributed by atoms with Gasteiger partial charge in [0.15, 0.2) is 0 Å². The zero-order chi connectivity index (χ0) is 12.8. The molecule has 1 heterocycles. The summed E-state index contributed by atoms with van der Waals surface area (Å²) >= 11 is 6.61. The fourth-order valence-corrected chi connectivity index (χ4v) is 3.33. The molecule has 0 amide bonds. The van der Waals surface area contributed by atoms with Gasteiger partial charge in [0.05, 0.1) is 0 Å². The highest BCUT2D eigenvalue weighted by atomic mass is 35.5. The summed E-state index contributed by atoms with van der Waals surface area (Å²) in [6.07, 6.45) is 11.4. The lowest BCUT2D eigenvalue weighted by atomic mass is 9.89. The quantitative estimate of drug-likeness (QED) is 0.542. The molecule has 1 aromatic rings. The lowest BCUT2D eigenvalue weighted by Gasteiger charge is -2.22. The third kappa shape index (κ3) is 3.98. The zero-order valence-corrected chi connectivity index (χ0v) is 12.1. The van der Waals surface area contributed by atoms with Gasteiger partial charge in [0.2, 0.25) is 0 Å². The minimum atomic E-state index is 0.225. The standard InChI is InChI=1S/C16H24ClN/c1-13(16-10-6-7-11-18-16)15(17)12-14-8-4-2-3-5-9-14/h6-7,10-11,13-15H,2-5,8-9,12H2,1H3. The number of hydrogen-bond donors (Lipinski definition) is 0. The molecular formula is C16H24ClN. The van der Waals surface area contributed by atoms with Crippen molar-refractivity contribution < 1.29 is 0 Å². The molecule has 0 saturated heterocycles. The lowest BCUT2D eigenvalue weighted by Crippen LogP contribution is -2.16. The molecule has 1 aliphatic rings. The summed E-state index contributed by atoms with van der Waals surface area (Å²) in [6, 6.07) is 6.10. The highest BCUT2D eigenvalue weighted by molar-refractivity contribution is 6.21. The molecule has 1 aromatic heterocycles. The summed E-state index contributed by atoms with van der Waals surface area (Å²) in [7, 11) is 0. The second-order valence-corrected chi connectivity index (χ2v) is 6.21. The number of nitrogens with zero attached hydrogens (tertiary/aromatic N) is 1. The topological polar surface area (TPSA) is 12.9 Å². The van der Waals surface area contributed by atoms with Crippen molar-refractivity contribution in [2.75, 3.05) is 0 Å². The summed E-state index contributed by atoms with van der Waals surface area (Å²) in [5.74, 6) is 1.19. The molecule has 2 unspecified atom stereocenters. The minimum Gasteiger partial charge on any atom is -0.261 e. The first-order valence-corrected chi connectivity index (χ1v) is 7.76. The van der Waals surface area contributed by atoms with Gasteiger partial charge in [-0.3, -0.25) is 4.98 Å². The Bertz CT molecular complexity index is 330. The largest absolute Gasteiger partial charge is 0.261 e. The van der Waals surface area contributed by atoms with Crippen molar-refractivity contribution in [2.45, 2.75) is 63.2 Å². The van der Waals surface area contributed by atoms with E-state index in [4.69, 9.17) is 11.6 Å². The number of halogens is 1. The van der Waals surface area contributed by atoms with E-state index in [1.165, 1.54) is 38.5 Å². The maximum absolute atomic E-state index is 6.61. The van der Waals surface area contributed by atoms with E-state index in [0.29, 0.717) is 5.92 Å². The van der Waals surface area contributed by atoms with Crippen LogP contribution < -0.4 is 0 Å². The van der Waals surface area contributed by atoms with Crippen LogP contribution >= 0.6 is 11.6 Å². The van der Waals surface area contributed by atoms with Gasteiger partial charge >= 0.3 is 0 Å². The van der Waals surface area contributed by atoms with Crippen LogP contribution in [0, 0.1) is 5.92 Å². The Morgan fingerprint density at radius 1 is 1.22 bits per heavy atom. The molecule has 0 radical (unpaired) electrons.